The van der Waals surface area contributed by atoms with Crippen molar-refractivity contribution in [3.05, 3.63) is 219 Å². The van der Waals surface area contributed by atoms with E-state index < -0.39 is 29.3 Å². The van der Waals surface area contributed by atoms with Crippen molar-refractivity contribution in [3.63, 3.8) is 0 Å². The Kier molecular flexibility index (Phi) is 58.7. The second-order valence-corrected chi connectivity index (χ2v) is 21.9. The van der Waals surface area contributed by atoms with E-state index in [0.717, 1.165) is 142 Å². The molecule has 0 amide bonds. The van der Waals surface area contributed by atoms with Gasteiger partial charge in [-0.05, 0) is 154 Å². The molecule has 10 nitrogen and oxygen atoms in total. The molecule has 0 aliphatic carbocycles. The predicted molar refractivity (Wildman–Crippen MR) is 380 cm³/mol. The topological polar surface area (TPSA) is 118 Å². The summed E-state index contributed by atoms with van der Waals surface area (Å²) in [5, 5.41) is 0. The molecule has 1 fully saturated rings. The van der Waals surface area contributed by atoms with Gasteiger partial charge in [0.25, 0.3) is 0 Å². The molecule has 0 radical (unpaired) electrons. The summed E-state index contributed by atoms with van der Waals surface area (Å²) < 4.78 is 28.9. The average Bonchev–Trinajstić information content (AvgIpc) is 3.10. The summed E-state index contributed by atoms with van der Waals surface area (Å²) in [6.07, 6.45) is 96.8. The molecule has 1 aliphatic rings. The first-order valence-corrected chi connectivity index (χ1v) is 34.0. The van der Waals surface area contributed by atoms with Gasteiger partial charge in [-0.3, -0.25) is 24.1 Å². The molecule has 90 heavy (non-hydrogen) atoms. The lowest BCUT2D eigenvalue weighted by molar-refractivity contribution is -0.170. The van der Waals surface area contributed by atoms with E-state index in [1.165, 1.54) is 0 Å². The fraction of sp³-hybridized carbons (Fsp3) is 0.500. The smallest absolute Gasteiger partial charge is 0.306 e. The van der Waals surface area contributed by atoms with Gasteiger partial charge >= 0.3 is 23.9 Å². The van der Waals surface area contributed by atoms with Crippen LogP contribution in [0.5, 0.6) is 0 Å². The van der Waals surface area contributed by atoms with Crippen LogP contribution in [0.4, 0.5) is 0 Å². The summed E-state index contributed by atoms with van der Waals surface area (Å²) in [6, 6.07) is 0. The number of unbranched alkanes of at least 4 members (excludes halogenated alkanes) is 1. The molecule has 0 aromatic heterocycles. The molecule has 1 heterocycles. The molecular weight excluding hydrogens is 1120 g/mol. The summed E-state index contributed by atoms with van der Waals surface area (Å²) in [4.78, 5) is 55.6. The largest absolute Gasteiger partial charge is 0.465 e. The highest BCUT2D eigenvalue weighted by molar-refractivity contribution is 5.71. The first kappa shape index (κ1) is 81.1. The molecule has 0 aromatic rings. The maximum absolute atomic E-state index is 13.3. The number of rotatable bonds is 55. The van der Waals surface area contributed by atoms with Gasteiger partial charge < -0.3 is 23.7 Å². The molecular formula is C80H117NO9. The number of hydrogen-bond donors (Lipinski definition) is 0. The zero-order valence-corrected chi connectivity index (χ0v) is 55.9. The van der Waals surface area contributed by atoms with Crippen LogP contribution in [0.2, 0.25) is 0 Å². The van der Waals surface area contributed by atoms with E-state index in [-0.39, 0.29) is 52.1 Å². The highest BCUT2D eigenvalue weighted by Gasteiger charge is 2.38. The van der Waals surface area contributed by atoms with Crippen LogP contribution in [0.3, 0.4) is 0 Å². The normalized spacial score (nSPS) is 14.5. The Morgan fingerprint density at radius 1 is 0.300 bits per heavy atom. The number of ether oxygens (including phenoxy) is 5. The Labute approximate surface area is 546 Å². The summed E-state index contributed by atoms with van der Waals surface area (Å²) in [5.74, 6) is -1.85. The van der Waals surface area contributed by atoms with Crippen molar-refractivity contribution < 1.29 is 42.9 Å². The van der Waals surface area contributed by atoms with E-state index >= 15 is 0 Å². The minimum atomic E-state index is -1.35. The number of morpholine rings is 1. The Morgan fingerprint density at radius 2 is 0.511 bits per heavy atom. The van der Waals surface area contributed by atoms with E-state index in [1.807, 2.05) is 36.5 Å². The van der Waals surface area contributed by atoms with Crippen molar-refractivity contribution >= 4 is 23.9 Å². The summed E-state index contributed by atoms with van der Waals surface area (Å²) in [7, 11) is 0. The van der Waals surface area contributed by atoms with Gasteiger partial charge in [0.1, 0.15) is 31.8 Å². The van der Waals surface area contributed by atoms with Crippen molar-refractivity contribution in [1.82, 2.24) is 4.90 Å². The average molecular weight is 1240 g/mol. The Bertz CT molecular complexity index is 2140. The molecule has 1 aliphatic heterocycles. The molecule has 0 saturated carbocycles. The number of allylic oxidation sites excluding steroid dienone is 36. The van der Waals surface area contributed by atoms with Crippen LogP contribution >= 0.6 is 0 Å². The van der Waals surface area contributed by atoms with Crippen LogP contribution in [0.1, 0.15) is 194 Å². The zero-order chi connectivity index (χ0) is 64.8. The van der Waals surface area contributed by atoms with Gasteiger partial charge in [-0.1, -0.05) is 240 Å². The van der Waals surface area contributed by atoms with Crippen molar-refractivity contribution in [2.24, 2.45) is 5.41 Å². The van der Waals surface area contributed by atoms with E-state index in [0.29, 0.717) is 38.9 Å². The molecule has 0 spiro atoms. The van der Waals surface area contributed by atoms with Crippen molar-refractivity contribution in [2.45, 2.75) is 194 Å². The molecule has 0 bridgehead atoms. The number of carbonyl (C=O) groups excluding carboxylic acids is 4. The number of hydrogen-bond acceptors (Lipinski definition) is 10. The second kappa shape index (κ2) is 65.1. The SMILES string of the molecule is CC/C=C\C/C=C\C/C=C\C/C=C\C/C=C\C/C=C\CCC(=O)OCC(COC(=O)CC/C=C\C/C=C\C/C=C\C/C=C\C/C=C\C/C=C\CC)(COC(=O)CC/C=C\C/C=C\C/C=C\C/C=C\C/C=C\C/C=C\CC)COC(=O)CCCCN1CCOCC1. The lowest BCUT2D eigenvalue weighted by Crippen LogP contribution is -2.44. The van der Waals surface area contributed by atoms with Crippen LogP contribution in [0, 0.1) is 5.41 Å². The maximum atomic E-state index is 13.3. The fourth-order valence-corrected chi connectivity index (χ4v) is 8.42. The molecule has 0 unspecified atom stereocenters. The first-order chi connectivity index (χ1) is 44.3. The summed E-state index contributed by atoms with van der Waals surface area (Å²) in [6.45, 7) is 9.28. The lowest BCUT2D eigenvalue weighted by atomic mass is 9.92. The van der Waals surface area contributed by atoms with E-state index in [9.17, 15) is 19.2 Å². The molecule has 1 rings (SSSR count). The van der Waals surface area contributed by atoms with E-state index in [1.54, 1.807) is 0 Å². The van der Waals surface area contributed by atoms with Crippen LogP contribution < -0.4 is 0 Å². The molecule has 1 saturated heterocycles. The van der Waals surface area contributed by atoms with Crippen LogP contribution in [-0.2, 0) is 42.9 Å². The van der Waals surface area contributed by atoms with Crippen LogP contribution in [0.15, 0.2) is 219 Å². The minimum Gasteiger partial charge on any atom is -0.465 e. The van der Waals surface area contributed by atoms with Crippen molar-refractivity contribution in [3.8, 4) is 0 Å². The van der Waals surface area contributed by atoms with Crippen molar-refractivity contribution in [1.29, 1.82) is 0 Å². The Hall–Kier alpha value is -6.88. The van der Waals surface area contributed by atoms with E-state index in [4.69, 9.17) is 23.7 Å². The standard InChI is InChI=1S/C80H117NO9/c1-4-7-10-13-16-19-22-25-28-31-34-37-40-43-46-49-52-55-58-63-76(82)87-72-80(75-90-79(85)66-61-62-67-81-68-70-86-71-69-81,73-88-77(83)64-59-56-53-50-47-44-41-38-35-32-29-26-23-20-17-14-11-8-5-2)74-89-78(84)65-60-57-54-51-48-45-42-39-36-33-30-27-24-21-18-15-12-9-6-3/h7-12,16-21,25-30,34-39,43-48,52-57H,4-6,13-15,22-24,31-33,40-42,49-51,58-75H2,1-3H3/b10-7-,11-8-,12-9-,19-16-,20-17-,21-18-,28-25-,29-26-,30-27-,37-34-,38-35-,39-36-,46-43-,47-44-,48-45-,55-52-,56-53-,57-54-. The first-order valence-electron chi connectivity index (χ1n) is 34.0. The monoisotopic (exact) mass is 1240 g/mol. The predicted octanol–water partition coefficient (Wildman–Crippen LogP) is 20.1. The van der Waals surface area contributed by atoms with E-state index in [2.05, 4.69) is 208 Å². The summed E-state index contributed by atoms with van der Waals surface area (Å²) in [5.41, 5.74) is -1.35. The number of carbonyl (C=O) groups is 4. The van der Waals surface area contributed by atoms with Crippen molar-refractivity contribution in [2.75, 3.05) is 59.3 Å². The molecule has 496 valence electrons. The van der Waals surface area contributed by atoms with Gasteiger partial charge in [0, 0.05) is 38.8 Å². The lowest BCUT2D eigenvalue weighted by Gasteiger charge is -2.31. The third-order valence-corrected chi connectivity index (χ3v) is 13.7. The third kappa shape index (κ3) is 57.6. The number of nitrogens with zero attached hydrogens (tertiary/aromatic N) is 1. The van der Waals surface area contributed by atoms with Gasteiger partial charge in [-0.2, -0.15) is 0 Å². The second-order valence-electron chi connectivity index (χ2n) is 21.9. The van der Waals surface area contributed by atoms with Gasteiger partial charge in [-0.25, -0.2) is 0 Å². The maximum Gasteiger partial charge on any atom is 0.306 e. The molecule has 0 atom stereocenters. The molecule has 0 aromatic carbocycles. The highest BCUT2D eigenvalue weighted by atomic mass is 16.6. The van der Waals surface area contributed by atoms with Gasteiger partial charge in [0.15, 0.2) is 0 Å². The Balaban J connectivity index is 2.96. The molecule has 10 heteroatoms. The Morgan fingerprint density at radius 3 is 0.744 bits per heavy atom. The number of esters is 4. The molecule has 0 N–H and O–H groups in total. The third-order valence-electron chi connectivity index (χ3n) is 13.7. The van der Waals surface area contributed by atoms with Gasteiger partial charge in [0.2, 0.25) is 0 Å². The van der Waals surface area contributed by atoms with Crippen LogP contribution in [0.25, 0.3) is 0 Å². The highest BCUT2D eigenvalue weighted by Crippen LogP contribution is 2.23. The van der Waals surface area contributed by atoms with Gasteiger partial charge in [0.05, 0.1) is 13.2 Å². The fourth-order valence-electron chi connectivity index (χ4n) is 8.42. The van der Waals surface area contributed by atoms with Gasteiger partial charge in [-0.15, -0.1) is 0 Å². The quantitative estimate of drug-likeness (QED) is 0.0252. The summed E-state index contributed by atoms with van der Waals surface area (Å²) >= 11 is 0. The van der Waals surface area contributed by atoms with Crippen LogP contribution in [-0.4, -0.2) is 88.1 Å². The zero-order valence-electron chi connectivity index (χ0n) is 55.9. The minimum absolute atomic E-state index is 0.110.